The summed E-state index contributed by atoms with van der Waals surface area (Å²) in [4.78, 5) is 14.1. The Morgan fingerprint density at radius 2 is 2.00 bits per heavy atom. The zero-order valence-corrected chi connectivity index (χ0v) is 13.6. The molecule has 0 saturated heterocycles. The van der Waals surface area contributed by atoms with Gasteiger partial charge in [-0.15, -0.1) is 11.3 Å². The van der Waals surface area contributed by atoms with E-state index in [0.29, 0.717) is 0 Å². The number of carbonyl (C=O) groups is 1. The second-order valence-corrected chi connectivity index (χ2v) is 7.29. The van der Waals surface area contributed by atoms with Gasteiger partial charge in [-0.05, 0) is 50.8 Å². The first-order chi connectivity index (χ1) is 9.74. The maximum Gasteiger partial charge on any atom is 0.408 e. The molecule has 0 bridgehead atoms. The van der Waals surface area contributed by atoms with Crippen LogP contribution in [0.1, 0.15) is 44.2 Å². The van der Waals surface area contributed by atoms with Crippen LogP contribution in [0.4, 0.5) is 4.79 Å². The summed E-state index contributed by atoms with van der Waals surface area (Å²) in [6.07, 6.45) is -0.913. The van der Waals surface area contributed by atoms with E-state index in [1.807, 2.05) is 52.0 Å². The Labute approximate surface area is 128 Å². The molecule has 5 heteroatoms. The van der Waals surface area contributed by atoms with Crippen molar-refractivity contribution in [3.63, 3.8) is 0 Å². The van der Waals surface area contributed by atoms with Crippen molar-refractivity contribution >= 4 is 27.5 Å². The van der Waals surface area contributed by atoms with Crippen molar-refractivity contribution < 1.29 is 15.0 Å². The monoisotopic (exact) mass is 307 g/mol. The maximum absolute atomic E-state index is 11.6. The Kier molecular flexibility index (Phi) is 4.25. The summed E-state index contributed by atoms with van der Waals surface area (Å²) in [6, 6.07) is 7.64. The molecule has 0 aliphatic heterocycles. The van der Waals surface area contributed by atoms with Crippen LogP contribution in [0.3, 0.4) is 0 Å². The highest BCUT2D eigenvalue weighted by Crippen LogP contribution is 2.36. The van der Waals surface area contributed by atoms with E-state index in [0.717, 1.165) is 20.5 Å². The molecule has 0 saturated carbocycles. The fraction of sp³-hybridized carbons (Fsp3) is 0.438. The van der Waals surface area contributed by atoms with Crippen LogP contribution in [-0.2, 0) is 6.61 Å². The number of aliphatic hydroxyl groups excluding tert-OH is 1. The molecule has 1 unspecified atom stereocenters. The largest absolute Gasteiger partial charge is 0.465 e. The number of rotatable bonds is 3. The van der Waals surface area contributed by atoms with Crippen LogP contribution < -0.4 is 0 Å². The molecule has 114 valence electrons. The van der Waals surface area contributed by atoms with E-state index in [-0.39, 0.29) is 12.6 Å². The highest BCUT2D eigenvalue weighted by Gasteiger charge is 2.32. The second-order valence-electron chi connectivity index (χ2n) is 6.18. The number of thiophene rings is 1. The van der Waals surface area contributed by atoms with Gasteiger partial charge in [0.2, 0.25) is 0 Å². The van der Waals surface area contributed by atoms with Gasteiger partial charge >= 0.3 is 6.09 Å². The molecule has 1 amide bonds. The molecule has 1 aromatic carbocycles. The Balaban J connectivity index is 2.42. The average molecular weight is 307 g/mol. The van der Waals surface area contributed by atoms with E-state index in [2.05, 4.69) is 0 Å². The Morgan fingerprint density at radius 3 is 2.52 bits per heavy atom. The molecule has 0 aliphatic rings. The normalized spacial score (nSPS) is 13.4. The zero-order valence-electron chi connectivity index (χ0n) is 12.8. The van der Waals surface area contributed by atoms with Gasteiger partial charge in [-0.1, -0.05) is 12.1 Å². The fourth-order valence-electron chi connectivity index (χ4n) is 2.56. The first-order valence-electron chi connectivity index (χ1n) is 6.89. The number of aliphatic hydroxyl groups is 1. The molecule has 1 heterocycles. The summed E-state index contributed by atoms with van der Waals surface area (Å²) in [6.45, 7) is 7.62. The van der Waals surface area contributed by atoms with Crippen molar-refractivity contribution in [3.8, 4) is 0 Å². The SMILES string of the molecule is CC(c1cc2ccc(CO)cc2s1)N(C(=O)O)C(C)(C)C. The van der Waals surface area contributed by atoms with E-state index in [9.17, 15) is 15.0 Å². The van der Waals surface area contributed by atoms with Crippen LogP contribution >= 0.6 is 11.3 Å². The van der Waals surface area contributed by atoms with Gasteiger partial charge < -0.3 is 10.2 Å². The van der Waals surface area contributed by atoms with E-state index in [1.54, 1.807) is 11.3 Å². The number of fused-ring (bicyclic) bond motifs is 1. The smallest absolute Gasteiger partial charge is 0.408 e. The Hall–Kier alpha value is -1.59. The predicted octanol–water partition coefficient (Wildman–Crippen LogP) is 4.23. The lowest BCUT2D eigenvalue weighted by Crippen LogP contribution is -2.46. The van der Waals surface area contributed by atoms with Gasteiger partial charge in [0.15, 0.2) is 0 Å². The summed E-state index contributed by atoms with van der Waals surface area (Å²) in [5.41, 5.74) is 0.409. The van der Waals surface area contributed by atoms with Crippen LogP contribution in [0, 0.1) is 0 Å². The van der Waals surface area contributed by atoms with Crippen LogP contribution in [0.25, 0.3) is 10.1 Å². The summed E-state index contributed by atoms with van der Waals surface area (Å²) >= 11 is 1.58. The van der Waals surface area contributed by atoms with Crippen molar-refractivity contribution in [1.82, 2.24) is 4.90 Å². The quantitative estimate of drug-likeness (QED) is 0.892. The standard InChI is InChI=1S/C16H21NO3S/c1-10(17(15(19)20)16(2,3)4)13-8-12-6-5-11(9-18)7-14(12)21-13/h5-8,10,18H,9H2,1-4H3,(H,19,20). The van der Waals surface area contributed by atoms with E-state index in [1.165, 1.54) is 4.90 Å². The van der Waals surface area contributed by atoms with Gasteiger partial charge in [0, 0.05) is 15.1 Å². The molecule has 0 spiro atoms. The van der Waals surface area contributed by atoms with Crippen molar-refractivity contribution in [1.29, 1.82) is 0 Å². The molecule has 2 aromatic rings. The van der Waals surface area contributed by atoms with Gasteiger partial charge in [0.1, 0.15) is 0 Å². The summed E-state index contributed by atoms with van der Waals surface area (Å²) in [5.74, 6) is 0. The maximum atomic E-state index is 11.6. The second kappa shape index (κ2) is 5.66. The highest BCUT2D eigenvalue weighted by molar-refractivity contribution is 7.19. The van der Waals surface area contributed by atoms with Crippen molar-refractivity contribution in [2.75, 3.05) is 0 Å². The molecular formula is C16H21NO3S. The van der Waals surface area contributed by atoms with Crippen LogP contribution in [0.2, 0.25) is 0 Å². The molecule has 2 N–H and O–H groups in total. The molecule has 0 fully saturated rings. The van der Waals surface area contributed by atoms with Crippen molar-refractivity contribution in [2.24, 2.45) is 0 Å². The first kappa shape index (κ1) is 15.8. The van der Waals surface area contributed by atoms with Gasteiger partial charge in [-0.25, -0.2) is 4.79 Å². The number of hydrogen-bond acceptors (Lipinski definition) is 3. The molecule has 0 aliphatic carbocycles. The number of hydrogen-bond donors (Lipinski definition) is 2. The van der Waals surface area contributed by atoms with Gasteiger partial charge in [0.25, 0.3) is 0 Å². The van der Waals surface area contributed by atoms with Crippen LogP contribution in [-0.4, -0.2) is 26.7 Å². The predicted molar refractivity (Wildman–Crippen MR) is 85.8 cm³/mol. The minimum absolute atomic E-state index is 0.0158. The highest BCUT2D eigenvalue weighted by atomic mass is 32.1. The third-order valence-corrected chi connectivity index (χ3v) is 4.78. The number of benzene rings is 1. The number of amides is 1. The van der Waals surface area contributed by atoms with Crippen molar-refractivity contribution in [3.05, 3.63) is 34.7 Å². The van der Waals surface area contributed by atoms with E-state index >= 15 is 0 Å². The third-order valence-electron chi connectivity index (χ3n) is 3.51. The molecule has 2 rings (SSSR count). The molecule has 4 nitrogen and oxygen atoms in total. The van der Waals surface area contributed by atoms with Crippen LogP contribution in [0.15, 0.2) is 24.3 Å². The minimum Gasteiger partial charge on any atom is -0.465 e. The van der Waals surface area contributed by atoms with Gasteiger partial charge in [-0.3, -0.25) is 4.90 Å². The lowest BCUT2D eigenvalue weighted by molar-refractivity contribution is 0.0763. The first-order valence-corrected chi connectivity index (χ1v) is 7.71. The van der Waals surface area contributed by atoms with E-state index in [4.69, 9.17) is 0 Å². The topological polar surface area (TPSA) is 60.8 Å². The number of carboxylic acid groups (broad SMARTS) is 1. The molecule has 21 heavy (non-hydrogen) atoms. The summed E-state index contributed by atoms with van der Waals surface area (Å²) in [7, 11) is 0. The molecule has 1 aromatic heterocycles. The molecular weight excluding hydrogens is 286 g/mol. The third kappa shape index (κ3) is 3.19. The van der Waals surface area contributed by atoms with Crippen LogP contribution in [0.5, 0.6) is 0 Å². The lowest BCUT2D eigenvalue weighted by Gasteiger charge is -2.37. The Morgan fingerprint density at radius 1 is 1.33 bits per heavy atom. The lowest BCUT2D eigenvalue weighted by atomic mass is 10.0. The van der Waals surface area contributed by atoms with E-state index < -0.39 is 11.6 Å². The van der Waals surface area contributed by atoms with Crippen molar-refractivity contribution in [2.45, 2.75) is 45.9 Å². The average Bonchev–Trinajstić information content (AvgIpc) is 2.78. The minimum atomic E-state index is -0.913. The fourth-order valence-corrected chi connectivity index (χ4v) is 3.73. The van der Waals surface area contributed by atoms with Gasteiger partial charge in [0.05, 0.1) is 12.6 Å². The molecule has 1 atom stereocenters. The molecule has 0 radical (unpaired) electrons. The number of nitrogens with zero attached hydrogens (tertiary/aromatic N) is 1. The van der Waals surface area contributed by atoms with Gasteiger partial charge in [-0.2, -0.15) is 0 Å². The summed E-state index contributed by atoms with van der Waals surface area (Å²) < 4.78 is 1.07. The Bertz CT molecular complexity index is 657. The summed E-state index contributed by atoms with van der Waals surface area (Å²) in [5, 5.41) is 19.8. The zero-order chi connectivity index (χ0) is 15.8.